The van der Waals surface area contributed by atoms with Crippen molar-refractivity contribution >= 4 is 23.6 Å². The highest BCUT2D eigenvalue weighted by molar-refractivity contribution is 7.99. The van der Waals surface area contributed by atoms with E-state index in [4.69, 9.17) is 4.52 Å². The predicted molar refractivity (Wildman–Crippen MR) is 96.0 cm³/mol. The van der Waals surface area contributed by atoms with Gasteiger partial charge in [0.05, 0.1) is 17.1 Å². The maximum Gasteiger partial charge on any atom is 0.237 e. The van der Waals surface area contributed by atoms with Gasteiger partial charge in [-0.15, -0.1) is 10.2 Å². The van der Waals surface area contributed by atoms with Gasteiger partial charge in [0.2, 0.25) is 11.8 Å². The zero-order chi connectivity index (χ0) is 17.8. The third-order valence-corrected chi connectivity index (χ3v) is 4.55. The van der Waals surface area contributed by atoms with Crippen LogP contribution in [0.4, 0.5) is 5.88 Å². The van der Waals surface area contributed by atoms with Gasteiger partial charge in [0, 0.05) is 6.07 Å². The molecule has 25 heavy (non-hydrogen) atoms. The Balaban J connectivity index is 1.63. The van der Waals surface area contributed by atoms with Crippen LogP contribution in [0, 0.1) is 6.92 Å². The third-order valence-electron chi connectivity index (χ3n) is 3.61. The van der Waals surface area contributed by atoms with E-state index in [-0.39, 0.29) is 17.6 Å². The zero-order valence-electron chi connectivity index (χ0n) is 14.3. The number of hydrogen-bond acceptors (Lipinski definition) is 6. The van der Waals surface area contributed by atoms with E-state index in [1.54, 1.807) is 12.4 Å². The summed E-state index contributed by atoms with van der Waals surface area (Å²) in [7, 11) is 0. The van der Waals surface area contributed by atoms with Crippen molar-refractivity contribution in [1.29, 1.82) is 0 Å². The molecular formula is C17H19N5O2S. The number of carbonyl (C=O) groups is 1. The van der Waals surface area contributed by atoms with Gasteiger partial charge in [0.15, 0.2) is 5.16 Å². The molecule has 130 valence electrons. The topological polar surface area (TPSA) is 85.8 Å². The molecule has 8 heteroatoms. The monoisotopic (exact) mass is 357 g/mol. The summed E-state index contributed by atoms with van der Waals surface area (Å²) in [5.41, 5.74) is 2.91. The van der Waals surface area contributed by atoms with Crippen LogP contribution >= 0.6 is 11.8 Å². The third kappa shape index (κ3) is 4.08. The maximum absolute atomic E-state index is 12.1. The van der Waals surface area contributed by atoms with Crippen molar-refractivity contribution in [1.82, 2.24) is 19.9 Å². The van der Waals surface area contributed by atoms with Crippen molar-refractivity contribution in [3.63, 3.8) is 0 Å². The summed E-state index contributed by atoms with van der Waals surface area (Å²) in [4.78, 5) is 12.1. The molecule has 0 saturated carbocycles. The first-order valence-electron chi connectivity index (χ1n) is 7.90. The minimum Gasteiger partial charge on any atom is -0.338 e. The molecule has 1 aromatic carbocycles. The molecule has 0 aliphatic carbocycles. The van der Waals surface area contributed by atoms with Gasteiger partial charge in [-0.05, 0) is 24.5 Å². The highest BCUT2D eigenvalue weighted by atomic mass is 32.2. The molecule has 0 saturated heterocycles. The first-order chi connectivity index (χ1) is 12.0. The molecule has 0 spiro atoms. The number of thioether (sulfide) groups is 1. The number of nitrogens with one attached hydrogen (secondary N) is 1. The molecule has 0 aliphatic heterocycles. The smallest absolute Gasteiger partial charge is 0.237 e. The minimum absolute atomic E-state index is 0.184. The SMILES string of the molecule is Cc1ccccc1-n1cnnc1SCC(=O)Nc1cc(C(C)C)no1. The van der Waals surface area contributed by atoms with Gasteiger partial charge in [-0.3, -0.25) is 14.7 Å². The van der Waals surface area contributed by atoms with Crippen LogP contribution in [-0.2, 0) is 4.79 Å². The Morgan fingerprint density at radius 1 is 1.36 bits per heavy atom. The molecule has 0 bridgehead atoms. The Hall–Kier alpha value is -2.61. The average Bonchev–Trinajstić information content (AvgIpc) is 3.22. The lowest BCUT2D eigenvalue weighted by Crippen LogP contribution is -2.14. The number of carbonyl (C=O) groups excluding carboxylic acids is 1. The molecule has 0 atom stereocenters. The second-order valence-corrected chi connectivity index (χ2v) is 6.82. The summed E-state index contributed by atoms with van der Waals surface area (Å²) in [6.45, 7) is 6.04. The van der Waals surface area contributed by atoms with E-state index in [2.05, 4.69) is 20.7 Å². The minimum atomic E-state index is -0.184. The van der Waals surface area contributed by atoms with Gasteiger partial charge in [-0.1, -0.05) is 49.0 Å². The number of aryl methyl sites for hydroxylation is 1. The van der Waals surface area contributed by atoms with Crippen molar-refractivity contribution < 1.29 is 9.32 Å². The lowest BCUT2D eigenvalue weighted by Gasteiger charge is -2.08. The van der Waals surface area contributed by atoms with Gasteiger partial charge in [0.1, 0.15) is 6.33 Å². The van der Waals surface area contributed by atoms with E-state index < -0.39 is 0 Å². The molecule has 1 N–H and O–H groups in total. The quantitative estimate of drug-likeness (QED) is 0.680. The van der Waals surface area contributed by atoms with Crippen molar-refractivity contribution in [2.75, 3.05) is 11.1 Å². The number of nitrogens with zero attached hydrogens (tertiary/aromatic N) is 4. The van der Waals surface area contributed by atoms with Crippen LogP contribution in [0.5, 0.6) is 0 Å². The van der Waals surface area contributed by atoms with Gasteiger partial charge in [0.25, 0.3) is 0 Å². The first-order valence-corrected chi connectivity index (χ1v) is 8.88. The molecular weight excluding hydrogens is 338 g/mol. The van der Waals surface area contributed by atoms with Crippen LogP contribution in [0.15, 0.2) is 46.3 Å². The largest absolute Gasteiger partial charge is 0.338 e. The Kier molecular flexibility index (Phi) is 5.18. The number of rotatable bonds is 6. The number of hydrogen-bond donors (Lipinski definition) is 1. The fourth-order valence-corrected chi connectivity index (χ4v) is 2.97. The fraction of sp³-hybridized carbons (Fsp3) is 0.294. The number of para-hydroxylation sites is 1. The second kappa shape index (κ2) is 7.52. The lowest BCUT2D eigenvalue weighted by atomic mass is 10.1. The lowest BCUT2D eigenvalue weighted by molar-refractivity contribution is -0.113. The highest BCUT2D eigenvalue weighted by Crippen LogP contribution is 2.22. The number of amides is 1. The number of benzene rings is 1. The molecule has 0 unspecified atom stereocenters. The van der Waals surface area contributed by atoms with Crippen LogP contribution in [0.3, 0.4) is 0 Å². The van der Waals surface area contributed by atoms with Gasteiger partial charge < -0.3 is 4.52 Å². The summed E-state index contributed by atoms with van der Waals surface area (Å²) in [5.74, 6) is 0.615. The summed E-state index contributed by atoms with van der Waals surface area (Å²) >= 11 is 1.31. The first kappa shape index (κ1) is 17.2. The van der Waals surface area contributed by atoms with Crippen LogP contribution in [0.2, 0.25) is 0 Å². The second-order valence-electron chi connectivity index (χ2n) is 5.88. The van der Waals surface area contributed by atoms with Crippen LogP contribution in [-0.4, -0.2) is 31.6 Å². The van der Waals surface area contributed by atoms with Crippen molar-refractivity contribution in [3.8, 4) is 5.69 Å². The van der Waals surface area contributed by atoms with E-state index in [1.165, 1.54) is 11.8 Å². The maximum atomic E-state index is 12.1. The summed E-state index contributed by atoms with van der Waals surface area (Å²) in [5, 5.41) is 15.3. The molecule has 3 rings (SSSR count). The molecule has 0 aliphatic rings. The predicted octanol–water partition coefficient (Wildman–Crippen LogP) is 3.42. The van der Waals surface area contributed by atoms with Gasteiger partial charge in [-0.25, -0.2) is 0 Å². The Morgan fingerprint density at radius 2 is 2.16 bits per heavy atom. The normalized spacial score (nSPS) is 11.0. The summed E-state index contributed by atoms with van der Waals surface area (Å²) < 4.78 is 6.99. The average molecular weight is 357 g/mol. The van der Waals surface area contributed by atoms with E-state index >= 15 is 0 Å². The Bertz CT molecular complexity index is 871. The standard InChI is InChI=1S/C17H19N5O2S/c1-11(2)13-8-16(24-21-13)19-15(23)9-25-17-20-18-10-22(17)14-7-5-4-6-12(14)3/h4-8,10-11H,9H2,1-3H3,(H,19,23). The Morgan fingerprint density at radius 3 is 2.88 bits per heavy atom. The van der Waals surface area contributed by atoms with E-state index in [9.17, 15) is 4.79 Å². The summed E-state index contributed by atoms with van der Waals surface area (Å²) in [6.07, 6.45) is 1.65. The van der Waals surface area contributed by atoms with E-state index in [0.717, 1.165) is 16.9 Å². The van der Waals surface area contributed by atoms with Gasteiger partial charge >= 0.3 is 0 Å². The van der Waals surface area contributed by atoms with Crippen LogP contribution in [0.25, 0.3) is 5.69 Å². The molecule has 0 fully saturated rings. The summed E-state index contributed by atoms with van der Waals surface area (Å²) in [6, 6.07) is 9.69. The van der Waals surface area contributed by atoms with Crippen molar-refractivity contribution in [2.45, 2.75) is 31.8 Å². The fourth-order valence-electron chi connectivity index (χ4n) is 2.25. The van der Waals surface area contributed by atoms with Crippen LogP contribution < -0.4 is 5.32 Å². The molecule has 1 amide bonds. The highest BCUT2D eigenvalue weighted by Gasteiger charge is 2.14. The van der Waals surface area contributed by atoms with Crippen molar-refractivity contribution in [2.24, 2.45) is 0 Å². The van der Waals surface area contributed by atoms with Crippen molar-refractivity contribution in [3.05, 3.63) is 47.9 Å². The molecule has 3 aromatic rings. The molecule has 7 nitrogen and oxygen atoms in total. The molecule has 2 aromatic heterocycles. The molecule has 2 heterocycles. The molecule has 0 radical (unpaired) electrons. The van der Waals surface area contributed by atoms with E-state index in [0.29, 0.717) is 11.0 Å². The van der Waals surface area contributed by atoms with Gasteiger partial charge in [-0.2, -0.15) is 0 Å². The van der Waals surface area contributed by atoms with Crippen LogP contribution in [0.1, 0.15) is 31.0 Å². The Labute approximate surface area is 149 Å². The van der Waals surface area contributed by atoms with E-state index in [1.807, 2.05) is 49.6 Å². The zero-order valence-corrected chi connectivity index (χ0v) is 15.1. The number of aromatic nitrogens is 4. The number of anilines is 1.